The van der Waals surface area contributed by atoms with Crippen LogP contribution in [-0.4, -0.2) is 11.8 Å². The summed E-state index contributed by atoms with van der Waals surface area (Å²) >= 11 is 0. The molecule has 0 radical (unpaired) electrons. The van der Waals surface area contributed by atoms with Crippen LogP contribution < -0.4 is 10.6 Å². The first-order valence-electron chi connectivity index (χ1n) is 15.6. The van der Waals surface area contributed by atoms with Crippen LogP contribution >= 0.6 is 0 Å². The summed E-state index contributed by atoms with van der Waals surface area (Å²) in [5, 5.41) is 5.69. The van der Waals surface area contributed by atoms with Gasteiger partial charge in [-0.2, -0.15) is 0 Å². The highest BCUT2D eigenvalue weighted by Crippen LogP contribution is 2.40. The molecule has 6 heteroatoms. The van der Waals surface area contributed by atoms with Crippen molar-refractivity contribution in [3.05, 3.63) is 132 Å². The summed E-state index contributed by atoms with van der Waals surface area (Å²) in [4.78, 5) is 24.2. The lowest BCUT2D eigenvalue weighted by Crippen LogP contribution is -2.15. The lowest BCUT2D eigenvalue weighted by Gasteiger charge is -2.12. The third kappa shape index (κ3) is 9.34. The maximum atomic E-state index is 12.8. The van der Waals surface area contributed by atoms with E-state index in [9.17, 15) is 18.4 Å². The molecule has 0 bridgehead atoms. The van der Waals surface area contributed by atoms with E-state index in [1.165, 1.54) is 35.4 Å². The number of amides is 2. The predicted octanol–water partition coefficient (Wildman–Crippen LogP) is 9.48. The van der Waals surface area contributed by atoms with Gasteiger partial charge in [-0.15, -0.1) is 0 Å². The van der Waals surface area contributed by atoms with Gasteiger partial charge in [0.25, 0.3) is 0 Å². The molecule has 0 unspecified atom stereocenters. The Kier molecular flexibility index (Phi) is 10.9. The van der Waals surface area contributed by atoms with E-state index in [4.69, 9.17) is 0 Å². The minimum Gasteiger partial charge on any atom is -0.326 e. The van der Waals surface area contributed by atoms with Crippen molar-refractivity contribution in [2.75, 3.05) is 10.6 Å². The molecule has 0 heterocycles. The molecule has 6 rings (SSSR count). The van der Waals surface area contributed by atoms with Crippen LogP contribution in [0, 0.1) is 23.5 Å². The van der Waals surface area contributed by atoms with Crippen LogP contribution in [0.2, 0.25) is 0 Å². The molecule has 2 N–H and O–H groups in total. The first kappa shape index (κ1) is 31.1. The summed E-state index contributed by atoms with van der Waals surface area (Å²) in [7, 11) is 0. The Morgan fingerprint density at radius 2 is 0.886 bits per heavy atom. The molecule has 0 saturated heterocycles. The smallest absolute Gasteiger partial charge is 0.224 e. The SMILES string of the molecule is O=C(C[C@@H]1CC[C@@H](c2ccccc2)C1)Nc1ccc(F)cc1.O=C(C[C@H]1CC[C@@H](c2ccccc2)C1)Nc1ccc(F)cc1. The highest BCUT2D eigenvalue weighted by Gasteiger charge is 2.28. The van der Waals surface area contributed by atoms with Gasteiger partial charge < -0.3 is 10.6 Å². The van der Waals surface area contributed by atoms with Crippen LogP contribution in [0.1, 0.15) is 74.3 Å². The number of nitrogens with one attached hydrogen (secondary N) is 2. The van der Waals surface area contributed by atoms with Gasteiger partial charge in [0.1, 0.15) is 11.6 Å². The van der Waals surface area contributed by atoms with E-state index in [0.29, 0.717) is 47.9 Å². The molecule has 2 fully saturated rings. The molecule has 0 spiro atoms. The predicted molar refractivity (Wildman–Crippen MR) is 172 cm³/mol. The Labute approximate surface area is 258 Å². The molecule has 2 saturated carbocycles. The molecule has 4 aromatic rings. The fraction of sp³-hybridized carbons (Fsp3) is 0.316. The Bertz CT molecular complexity index is 1360. The van der Waals surface area contributed by atoms with Crippen LogP contribution in [0.4, 0.5) is 20.2 Å². The van der Waals surface area contributed by atoms with Gasteiger partial charge in [-0.25, -0.2) is 8.78 Å². The van der Waals surface area contributed by atoms with Gasteiger partial charge in [0, 0.05) is 24.2 Å². The van der Waals surface area contributed by atoms with Crippen molar-refractivity contribution in [1.82, 2.24) is 0 Å². The summed E-state index contributed by atoms with van der Waals surface area (Å²) in [6.45, 7) is 0. The number of hydrogen-bond acceptors (Lipinski definition) is 2. The maximum absolute atomic E-state index is 12.8. The maximum Gasteiger partial charge on any atom is 0.224 e. The average Bonchev–Trinajstić information content (AvgIpc) is 3.71. The van der Waals surface area contributed by atoms with E-state index in [0.717, 1.165) is 38.5 Å². The Balaban J connectivity index is 0.000000175. The number of halogens is 2. The van der Waals surface area contributed by atoms with Crippen molar-refractivity contribution in [2.45, 2.75) is 63.2 Å². The second kappa shape index (κ2) is 15.4. The Hall–Kier alpha value is -4.32. The third-order valence-corrected chi connectivity index (χ3v) is 8.83. The standard InChI is InChI=1S/2C19H20FNO/c2*20-17-8-10-18(11-9-17)21-19(22)13-14-6-7-16(12-14)15-4-2-1-3-5-15/h2*1-5,8-11,14,16H,6-7,12-13H2,(H,21,22)/t14-,16+;14-,16-/m01/s1. The number of benzene rings is 4. The Morgan fingerprint density at radius 1 is 0.523 bits per heavy atom. The second-order valence-electron chi connectivity index (χ2n) is 12.1. The van der Waals surface area contributed by atoms with Gasteiger partial charge in [-0.3, -0.25) is 9.59 Å². The molecule has 44 heavy (non-hydrogen) atoms. The molecule has 2 aliphatic carbocycles. The van der Waals surface area contributed by atoms with Crippen LogP contribution in [0.3, 0.4) is 0 Å². The lowest BCUT2D eigenvalue weighted by molar-refractivity contribution is -0.117. The Morgan fingerprint density at radius 3 is 1.25 bits per heavy atom. The third-order valence-electron chi connectivity index (χ3n) is 8.83. The zero-order chi connectivity index (χ0) is 30.7. The fourth-order valence-corrected chi connectivity index (χ4v) is 6.59. The van der Waals surface area contributed by atoms with E-state index in [1.807, 2.05) is 12.1 Å². The van der Waals surface area contributed by atoms with E-state index >= 15 is 0 Å². The van der Waals surface area contributed by atoms with Crippen molar-refractivity contribution >= 4 is 23.2 Å². The number of hydrogen-bond donors (Lipinski definition) is 2. The zero-order valence-electron chi connectivity index (χ0n) is 24.9. The summed E-state index contributed by atoms with van der Waals surface area (Å²) < 4.78 is 25.7. The van der Waals surface area contributed by atoms with E-state index < -0.39 is 0 Å². The second-order valence-corrected chi connectivity index (χ2v) is 12.1. The van der Waals surface area contributed by atoms with E-state index in [-0.39, 0.29) is 23.4 Å². The highest BCUT2D eigenvalue weighted by atomic mass is 19.1. The minimum absolute atomic E-state index is 0.0188. The molecular formula is C38H40F2N2O2. The fourth-order valence-electron chi connectivity index (χ4n) is 6.59. The van der Waals surface area contributed by atoms with Crippen molar-refractivity contribution in [2.24, 2.45) is 11.8 Å². The van der Waals surface area contributed by atoms with Gasteiger partial charge in [-0.1, -0.05) is 60.7 Å². The normalized spacial score (nSPS) is 20.8. The van der Waals surface area contributed by atoms with Crippen LogP contribution in [0.15, 0.2) is 109 Å². The molecule has 228 valence electrons. The van der Waals surface area contributed by atoms with Crippen LogP contribution in [-0.2, 0) is 9.59 Å². The molecule has 2 aliphatic rings. The number of anilines is 2. The molecule has 2 amide bonds. The van der Waals surface area contributed by atoms with Gasteiger partial charge >= 0.3 is 0 Å². The molecule has 0 aliphatic heterocycles. The summed E-state index contributed by atoms with van der Waals surface area (Å²) in [5.74, 6) is 1.47. The van der Waals surface area contributed by atoms with Crippen molar-refractivity contribution in [3.63, 3.8) is 0 Å². The quantitative estimate of drug-likeness (QED) is 0.213. The largest absolute Gasteiger partial charge is 0.326 e. The summed E-state index contributed by atoms with van der Waals surface area (Å²) in [6.07, 6.45) is 7.72. The first-order chi connectivity index (χ1) is 21.4. The molecule has 0 aromatic heterocycles. The number of carbonyl (C=O) groups is 2. The van der Waals surface area contributed by atoms with E-state index in [1.54, 1.807) is 24.3 Å². The topological polar surface area (TPSA) is 58.2 Å². The van der Waals surface area contributed by atoms with Gasteiger partial charge in [0.05, 0.1) is 0 Å². The van der Waals surface area contributed by atoms with E-state index in [2.05, 4.69) is 59.2 Å². The summed E-state index contributed by atoms with van der Waals surface area (Å²) in [5.41, 5.74) is 4.07. The van der Waals surface area contributed by atoms with Crippen molar-refractivity contribution in [3.8, 4) is 0 Å². The molecule has 4 aromatic carbocycles. The van der Waals surface area contributed by atoms with Gasteiger partial charge in [0.15, 0.2) is 0 Å². The molecule has 4 atom stereocenters. The van der Waals surface area contributed by atoms with Gasteiger partial charge in [0.2, 0.25) is 11.8 Å². The molecular weight excluding hydrogens is 554 g/mol. The monoisotopic (exact) mass is 594 g/mol. The summed E-state index contributed by atoms with van der Waals surface area (Å²) in [6, 6.07) is 32.8. The average molecular weight is 595 g/mol. The van der Waals surface area contributed by atoms with Gasteiger partial charge in [-0.05, 0) is 122 Å². The first-order valence-corrected chi connectivity index (χ1v) is 15.6. The van der Waals surface area contributed by atoms with Crippen LogP contribution in [0.25, 0.3) is 0 Å². The lowest BCUT2D eigenvalue weighted by atomic mass is 9.95. The highest BCUT2D eigenvalue weighted by molar-refractivity contribution is 5.91. The zero-order valence-corrected chi connectivity index (χ0v) is 24.9. The van der Waals surface area contributed by atoms with Crippen molar-refractivity contribution < 1.29 is 18.4 Å². The molecule has 4 nitrogen and oxygen atoms in total. The minimum atomic E-state index is -0.292. The van der Waals surface area contributed by atoms with Crippen molar-refractivity contribution in [1.29, 1.82) is 0 Å². The number of rotatable bonds is 8. The number of carbonyl (C=O) groups excluding carboxylic acids is 2. The van der Waals surface area contributed by atoms with Crippen LogP contribution in [0.5, 0.6) is 0 Å².